The van der Waals surface area contributed by atoms with Crippen molar-refractivity contribution >= 4 is 11.8 Å². The molecule has 6 nitrogen and oxygen atoms in total. The van der Waals surface area contributed by atoms with Gasteiger partial charge < -0.3 is 15.4 Å². The Labute approximate surface area is 178 Å². The number of hydrogen-bond donors (Lipinski definition) is 2. The summed E-state index contributed by atoms with van der Waals surface area (Å²) in [6.45, 7) is 5.87. The number of nitrogens with one attached hydrogen (secondary N) is 2. The van der Waals surface area contributed by atoms with Gasteiger partial charge in [0.25, 0.3) is 0 Å². The smallest absolute Gasteiger partial charge is 0.309 e. The Balaban J connectivity index is 1.31. The highest BCUT2D eigenvalue weighted by molar-refractivity contribution is 6.35. The number of rotatable bonds is 8. The minimum atomic E-state index is -0.592. The lowest BCUT2D eigenvalue weighted by atomic mass is 10.1. The Morgan fingerprint density at radius 2 is 1.73 bits per heavy atom. The number of morpholine rings is 1. The van der Waals surface area contributed by atoms with E-state index in [0.29, 0.717) is 6.54 Å². The number of unbranched alkanes of at least 4 members (excludes halogenated alkanes) is 1. The normalized spacial score (nSPS) is 17.8. The number of carbonyl (C=O) groups is 2. The topological polar surface area (TPSA) is 70.7 Å². The van der Waals surface area contributed by atoms with Gasteiger partial charge in [-0.15, -0.1) is 0 Å². The first kappa shape index (κ1) is 22.0. The molecule has 160 valence electrons. The van der Waals surface area contributed by atoms with Crippen molar-refractivity contribution in [2.45, 2.75) is 31.9 Å². The van der Waals surface area contributed by atoms with E-state index in [0.717, 1.165) is 44.6 Å². The van der Waals surface area contributed by atoms with Crippen LogP contribution in [0.3, 0.4) is 0 Å². The fourth-order valence-electron chi connectivity index (χ4n) is 3.60. The lowest BCUT2D eigenvalue weighted by Gasteiger charge is -2.33. The third-order valence-electron chi connectivity index (χ3n) is 5.36. The molecule has 2 aromatic rings. The van der Waals surface area contributed by atoms with E-state index < -0.39 is 11.8 Å². The lowest BCUT2D eigenvalue weighted by molar-refractivity contribution is -0.139. The first-order valence-electron chi connectivity index (χ1n) is 10.7. The van der Waals surface area contributed by atoms with Crippen LogP contribution in [0.1, 0.15) is 43.0 Å². The van der Waals surface area contributed by atoms with E-state index in [-0.39, 0.29) is 12.1 Å². The summed E-state index contributed by atoms with van der Waals surface area (Å²) in [5.74, 6) is -1.17. The maximum atomic E-state index is 12.1. The second-order valence-corrected chi connectivity index (χ2v) is 7.64. The van der Waals surface area contributed by atoms with E-state index in [4.69, 9.17) is 4.74 Å². The number of benzene rings is 2. The van der Waals surface area contributed by atoms with Gasteiger partial charge in [0.2, 0.25) is 0 Å². The van der Waals surface area contributed by atoms with Crippen molar-refractivity contribution in [2.24, 2.45) is 0 Å². The van der Waals surface area contributed by atoms with E-state index >= 15 is 0 Å². The number of hydrogen-bond acceptors (Lipinski definition) is 4. The molecule has 2 amide bonds. The van der Waals surface area contributed by atoms with Gasteiger partial charge in [0.1, 0.15) is 0 Å². The highest BCUT2D eigenvalue weighted by Crippen LogP contribution is 2.22. The standard InChI is InChI=1S/C24H31N3O3/c1-19(20-10-4-2-5-11-20)26-24(29)23(28)25-14-8-9-15-27-16-17-30-22(18-27)21-12-6-3-7-13-21/h2-7,10-13,19,22H,8-9,14-18H2,1H3,(H,25,28)(H,26,29). The molecule has 0 spiro atoms. The molecule has 2 unspecified atom stereocenters. The summed E-state index contributed by atoms with van der Waals surface area (Å²) in [5, 5.41) is 5.45. The average Bonchev–Trinajstić information content (AvgIpc) is 2.80. The Bertz CT molecular complexity index is 798. The molecule has 1 aliphatic rings. The van der Waals surface area contributed by atoms with Crippen molar-refractivity contribution in [3.63, 3.8) is 0 Å². The summed E-state index contributed by atoms with van der Waals surface area (Å²) in [5.41, 5.74) is 2.18. The summed E-state index contributed by atoms with van der Waals surface area (Å²) in [6, 6.07) is 19.7. The maximum absolute atomic E-state index is 12.1. The van der Waals surface area contributed by atoms with Crippen molar-refractivity contribution in [3.05, 3.63) is 71.8 Å². The van der Waals surface area contributed by atoms with Crippen LogP contribution in [0.15, 0.2) is 60.7 Å². The van der Waals surface area contributed by atoms with Crippen LogP contribution in [0.5, 0.6) is 0 Å². The Hall–Kier alpha value is -2.70. The van der Waals surface area contributed by atoms with E-state index in [9.17, 15) is 9.59 Å². The lowest BCUT2D eigenvalue weighted by Crippen LogP contribution is -2.41. The van der Waals surface area contributed by atoms with Crippen LogP contribution in [0.2, 0.25) is 0 Å². The third-order valence-corrected chi connectivity index (χ3v) is 5.36. The fourth-order valence-corrected chi connectivity index (χ4v) is 3.60. The molecule has 0 radical (unpaired) electrons. The molecule has 30 heavy (non-hydrogen) atoms. The van der Waals surface area contributed by atoms with Crippen LogP contribution >= 0.6 is 0 Å². The second-order valence-electron chi connectivity index (χ2n) is 7.64. The van der Waals surface area contributed by atoms with Gasteiger partial charge in [-0.25, -0.2) is 0 Å². The van der Waals surface area contributed by atoms with Crippen LogP contribution < -0.4 is 10.6 Å². The molecule has 2 atom stereocenters. The van der Waals surface area contributed by atoms with E-state index in [1.807, 2.05) is 55.5 Å². The average molecular weight is 410 g/mol. The fraction of sp³-hybridized carbons (Fsp3) is 0.417. The van der Waals surface area contributed by atoms with Crippen LogP contribution in [-0.2, 0) is 14.3 Å². The number of carbonyl (C=O) groups excluding carboxylic acids is 2. The molecule has 1 saturated heterocycles. The predicted molar refractivity (Wildman–Crippen MR) is 117 cm³/mol. The monoisotopic (exact) mass is 409 g/mol. The first-order valence-corrected chi connectivity index (χ1v) is 10.7. The highest BCUT2D eigenvalue weighted by Gasteiger charge is 2.21. The summed E-state index contributed by atoms with van der Waals surface area (Å²) in [4.78, 5) is 26.5. The number of amides is 2. The summed E-state index contributed by atoms with van der Waals surface area (Å²) >= 11 is 0. The van der Waals surface area contributed by atoms with Gasteiger partial charge in [-0.05, 0) is 37.4 Å². The van der Waals surface area contributed by atoms with Gasteiger partial charge in [-0.2, -0.15) is 0 Å². The third kappa shape index (κ3) is 6.68. The predicted octanol–water partition coefficient (Wildman–Crippen LogP) is 2.83. The van der Waals surface area contributed by atoms with Crippen LogP contribution in [-0.4, -0.2) is 49.5 Å². The molecule has 0 aromatic heterocycles. The minimum absolute atomic E-state index is 0.120. The quantitative estimate of drug-likeness (QED) is 0.520. The van der Waals surface area contributed by atoms with Crippen LogP contribution in [0, 0.1) is 0 Å². The largest absolute Gasteiger partial charge is 0.371 e. The van der Waals surface area contributed by atoms with Crippen LogP contribution in [0.4, 0.5) is 0 Å². The Morgan fingerprint density at radius 3 is 2.47 bits per heavy atom. The zero-order valence-corrected chi connectivity index (χ0v) is 17.5. The molecule has 3 rings (SSSR count). The molecule has 2 aromatic carbocycles. The van der Waals surface area contributed by atoms with E-state index in [1.165, 1.54) is 5.56 Å². The zero-order valence-electron chi connectivity index (χ0n) is 17.5. The second kappa shape index (κ2) is 11.5. The minimum Gasteiger partial charge on any atom is -0.371 e. The van der Waals surface area contributed by atoms with Gasteiger partial charge in [-0.3, -0.25) is 14.5 Å². The van der Waals surface area contributed by atoms with Crippen LogP contribution in [0.25, 0.3) is 0 Å². The SMILES string of the molecule is CC(NC(=O)C(=O)NCCCCN1CCOC(c2ccccc2)C1)c1ccccc1. The molecular weight excluding hydrogens is 378 g/mol. The van der Waals surface area contributed by atoms with Crippen molar-refractivity contribution in [1.82, 2.24) is 15.5 Å². The van der Waals surface area contributed by atoms with E-state index in [1.54, 1.807) is 0 Å². The number of nitrogens with zero attached hydrogens (tertiary/aromatic N) is 1. The first-order chi connectivity index (χ1) is 14.6. The zero-order chi connectivity index (χ0) is 21.2. The molecule has 1 aliphatic heterocycles. The van der Waals surface area contributed by atoms with Gasteiger partial charge in [0.15, 0.2) is 0 Å². The van der Waals surface area contributed by atoms with Crippen molar-refractivity contribution in [3.8, 4) is 0 Å². The molecule has 0 aliphatic carbocycles. The summed E-state index contributed by atoms with van der Waals surface area (Å²) in [6.07, 6.45) is 1.92. The Morgan fingerprint density at radius 1 is 1.03 bits per heavy atom. The van der Waals surface area contributed by atoms with E-state index in [2.05, 4.69) is 27.7 Å². The molecule has 0 bridgehead atoms. The summed E-state index contributed by atoms with van der Waals surface area (Å²) < 4.78 is 5.90. The van der Waals surface area contributed by atoms with Gasteiger partial charge >= 0.3 is 11.8 Å². The number of ether oxygens (including phenoxy) is 1. The molecule has 0 saturated carbocycles. The highest BCUT2D eigenvalue weighted by atomic mass is 16.5. The molecule has 6 heteroatoms. The molecule has 1 heterocycles. The molecule has 2 N–H and O–H groups in total. The summed E-state index contributed by atoms with van der Waals surface area (Å²) in [7, 11) is 0. The van der Waals surface area contributed by atoms with Crippen molar-refractivity contribution < 1.29 is 14.3 Å². The van der Waals surface area contributed by atoms with Crippen molar-refractivity contribution in [1.29, 1.82) is 0 Å². The van der Waals surface area contributed by atoms with Gasteiger partial charge in [0.05, 0.1) is 18.8 Å². The maximum Gasteiger partial charge on any atom is 0.309 e. The molecular formula is C24H31N3O3. The molecule has 1 fully saturated rings. The van der Waals surface area contributed by atoms with Gasteiger partial charge in [-0.1, -0.05) is 60.7 Å². The van der Waals surface area contributed by atoms with Gasteiger partial charge in [0, 0.05) is 19.6 Å². The Kier molecular flexibility index (Phi) is 8.41. The van der Waals surface area contributed by atoms with Crippen molar-refractivity contribution in [2.75, 3.05) is 32.8 Å².